The van der Waals surface area contributed by atoms with E-state index in [-0.39, 0.29) is 29.7 Å². The van der Waals surface area contributed by atoms with Crippen LogP contribution in [0.2, 0.25) is 0 Å². The first kappa shape index (κ1) is 21.6. The van der Waals surface area contributed by atoms with Crippen LogP contribution in [0.3, 0.4) is 0 Å². The average molecular weight is 437 g/mol. The van der Waals surface area contributed by atoms with Crippen molar-refractivity contribution in [3.8, 4) is 0 Å². The predicted octanol–water partition coefficient (Wildman–Crippen LogP) is 3.53. The van der Waals surface area contributed by atoms with Crippen LogP contribution in [-0.4, -0.2) is 62.8 Å². The number of benzene rings is 1. The number of nitrogens with zero attached hydrogens (tertiary/aromatic N) is 2. The Labute approximate surface area is 179 Å². The maximum absolute atomic E-state index is 12.7. The number of thioether (sulfide) groups is 1. The Hall–Kier alpha value is -2.13. The van der Waals surface area contributed by atoms with Crippen LogP contribution in [0.15, 0.2) is 24.3 Å². The standard InChI is InChI=1S/C20H24N2O5S2/c1-5-26-19(28)29-17-12(11-22(17)18(25)27-20(2,3)4)10-21-15(23)13-8-6-7-9-14(13)16(21)24/h6-9,12,17H,5,10-11H2,1-4H3/t12-,17+/m0/s1. The van der Waals surface area contributed by atoms with Gasteiger partial charge in [-0.25, -0.2) is 4.79 Å². The molecule has 0 aliphatic carbocycles. The third kappa shape index (κ3) is 4.56. The van der Waals surface area contributed by atoms with Gasteiger partial charge in [-0.2, -0.15) is 0 Å². The summed E-state index contributed by atoms with van der Waals surface area (Å²) in [5.41, 5.74) is 0.199. The smallest absolute Gasteiger partial charge is 0.411 e. The van der Waals surface area contributed by atoms with E-state index in [9.17, 15) is 14.4 Å². The van der Waals surface area contributed by atoms with E-state index >= 15 is 0 Å². The highest BCUT2D eigenvalue weighted by molar-refractivity contribution is 8.23. The number of imide groups is 1. The average Bonchev–Trinajstić information content (AvgIpc) is 2.86. The number of rotatable bonds is 4. The number of thiocarbonyl (C=S) groups is 1. The van der Waals surface area contributed by atoms with Crippen LogP contribution in [-0.2, 0) is 9.47 Å². The number of amides is 3. The van der Waals surface area contributed by atoms with Crippen molar-refractivity contribution >= 4 is 46.3 Å². The summed E-state index contributed by atoms with van der Waals surface area (Å²) in [4.78, 5) is 40.7. The normalized spacial score (nSPS) is 21.0. The topological polar surface area (TPSA) is 76.2 Å². The van der Waals surface area contributed by atoms with E-state index in [0.717, 1.165) is 0 Å². The number of carbonyl (C=O) groups excluding carboxylic acids is 3. The Bertz CT molecular complexity index is 817. The second-order valence-electron chi connectivity index (χ2n) is 7.85. The van der Waals surface area contributed by atoms with Gasteiger partial charge in [-0.15, -0.1) is 0 Å². The maximum Gasteiger partial charge on any atom is 0.411 e. The zero-order valence-corrected chi connectivity index (χ0v) is 18.5. The Kier molecular flexibility index (Phi) is 6.19. The van der Waals surface area contributed by atoms with Crippen molar-refractivity contribution in [1.29, 1.82) is 0 Å². The number of hydrogen-bond donors (Lipinski definition) is 0. The molecule has 9 heteroatoms. The minimum Gasteiger partial charge on any atom is -0.479 e. The molecule has 29 heavy (non-hydrogen) atoms. The SMILES string of the molecule is CCOC(=S)S[C@@H]1[C@@H](CN2C(=O)c3ccccc3C2=O)CN1C(=O)OC(C)(C)C. The molecule has 2 aliphatic heterocycles. The van der Waals surface area contributed by atoms with Crippen molar-refractivity contribution in [1.82, 2.24) is 9.80 Å². The second kappa shape index (κ2) is 8.31. The zero-order chi connectivity index (χ0) is 21.3. The third-order valence-electron chi connectivity index (χ3n) is 4.54. The van der Waals surface area contributed by atoms with Crippen molar-refractivity contribution < 1.29 is 23.9 Å². The molecule has 0 aromatic heterocycles. The van der Waals surface area contributed by atoms with Crippen LogP contribution in [0, 0.1) is 5.92 Å². The summed E-state index contributed by atoms with van der Waals surface area (Å²) in [5, 5.41) is -0.367. The van der Waals surface area contributed by atoms with Gasteiger partial charge in [0.2, 0.25) is 4.38 Å². The van der Waals surface area contributed by atoms with Crippen molar-refractivity contribution in [3.05, 3.63) is 35.4 Å². The van der Waals surface area contributed by atoms with Crippen molar-refractivity contribution in [2.24, 2.45) is 5.92 Å². The number of carbonyl (C=O) groups is 3. The Balaban J connectivity index is 1.73. The van der Waals surface area contributed by atoms with Gasteiger partial charge < -0.3 is 9.47 Å². The molecule has 0 N–H and O–H groups in total. The van der Waals surface area contributed by atoms with Crippen molar-refractivity contribution in [3.63, 3.8) is 0 Å². The van der Waals surface area contributed by atoms with Gasteiger partial charge in [-0.05, 0) is 52.0 Å². The van der Waals surface area contributed by atoms with E-state index in [4.69, 9.17) is 21.7 Å². The second-order valence-corrected chi connectivity index (χ2v) is 9.57. The highest BCUT2D eigenvalue weighted by Gasteiger charge is 2.48. The van der Waals surface area contributed by atoms with Crippen LogP contribution in [0.25, 0.3) is 0 Å². The molecule has 1 aromatic rings. The molecule has 1 saturated heterocycles. The molecule has 0 radical (unpaired) electrons. The quantitative estimate of drug-likeness (QED) is 0.528. The first-order valence-corrected chi connectivity index (χ1v) is 10.7. The molecule has 0 saturated carbocycles. The van der Waals surface area contributed by atoms with Gasteiger partial charge in [0.15, 0.2) is 0 Å². The van der Waals surface area contributed by atoms with E-state index < -0.39 is 11.7 Å². The molecule has 1 fully saturated rings. The fourth-order valence-electron chi connectivity index (χ4n) is 3.26. The lowest BCUT2D eigenvalue weighted by molar-refractivity contribution is -0.0119. The van der Waals surface area contributed by atoms with Crippen molar-refractivity contribution in [2.45, 2.75) is 38.7 Å². The summed E-state index contributed by atoms with van der Waals surface area (Å²) in [5.74, 6) is -0.747. The summed E-state index contributed by atoms with van der Waals surface area (Å²) in [6.07, 6.45) is -0.451. The highest BCUT2D eigenvalue weighted by atomic mass is 32.2. The van der Waals surface area contributed by atoms with Gasteiger partial charge in [0.05, 0.1) is 23.1 Å². The van der Waals surface area contributed by atoms with E-state index in [1.165, 1.54) is 16.7 Å². The molecule has 2 atom stereocenters. The van der Waals surface area contributed by atoms with E-state index in [0.29, 0.717) is 28.7 Å². The summed E-state index contributed by atoms with van der Waals surface area (Å²) in [6.45, 7) is 8.23. The van der Waals surface area contributed by atoms with Gasteiger partial charge in [0.25, 0.3) is 11.8 Å². The molecule has 3 amide bonds. The molecule has 7 nitrogen and oxygen atoms in total. The van der Waals surface area contributed by atoms with E-state index in [2.05, 4.69) is 0 Å². The van der Waals surface area contributed by atoms with Gasteiger partial charge in [0.1, 0.15) is 5.60 Å². The lowest BCUT2D eigenvalue weighted by Crippen LogP contribution is -2.61. The highest BCUT2D eigenvalue weighted by Crippen LogP contribution is 2.38. The first-order chi connectivity index (χ1) is 13.6. The Morgan fingerprint density at radius 2 is 1.79 bits per heavy atom. The third-order valence-corrected chi connectivity index (χ3v) is 6.14. The summed E-state index contributed by atoms with van der Waals surface area (Å²) in [7, 11) is 0. The minimum atomic E-state index is -0.625. The van der Waals surface area contributed by atoms with Crippen LogP contribution < -0.4 is 0 Å². The molecule has 0 spiro atoms. The van der Waals surface area contributed by atoms with Crippen molar-refractivity contribution in [2.75, 3.05) is 19.7 Å². The summed E-state index contributed by atoms with van der Waals surface area (Å²) < 4.78 is 11.1. The van der Waals surface area contributed by atoms with Gasteiger partial charge in [-0.1, -0.05) is 23.9 Å². The molecule has 0 bridgehead atoms. The van der Waals surface area contributed by atoms with Gasteiger partial charge in [0, 0.05) is 19.0 Å². The number of fused-ring (bicyclic) bond motifs is 1. The largest absolute Gasteiger partial charge is 0.479 e. The summed E-state index contributed by atoms with van der Waals surface area (Å²) >= 11 is 6.47. The zero-order valence-electron chi connectivity index (χ0n) is 16.8. The van der Waals surface area contributed by atoms with Crippen LogP contribution in [0.5, 0.6) is 0 Å². The lowest BCUT2D eigenvalue weighted by atomic mass is 9.99. The van der Waals surface area contributed by atoms with Crippen LogP contribution in [0.4, 0.5) is 4.79 Å². The van der Waals surface area contributed by atoms with Gasteiger partial charge in [-0.3, -0.25) is 19.4 Å². The molecule has 3 rings (SSSR count). The Morgan fingerprint density at radius 1 is 1.21 bits per heavy atom. The molecular weight excluding hydrogens is 412 g/mol. The number of hydrogen-bond acceptors (Lipinski definition) is 7. The monoisotopic (exact) mass is 436 g/mol. The number of ether oxygens (including phenoxy) is 2. The minimum absolute atomic E-state index is 0.131. The number of likely N-dealkylation sites (tertiary alicyclic amines) is 1. The molecule has 1 aromatic carbocycles. The van der Waals surface area contributed by atoms with Crippen LogP contribution in [0.1, 0.15) is 48.4 Å². The van der Waals surface area contributed by atoms with E-state index in [1.807, 2.05) is 6.92 Å². The fraction of sp³-hybridized carbons (Fsp3) is 0.500. The molecule has 0 unspecified atom stereocenters. The lowest BCUT2D eigenvalue weighted by Gasteiger charge is -2.47. The first-order valence-electron chi connectivity index (χ1n) is 9.40. The Morgan fingerprint density at radius 3 is 2.31 bits per heavy atom. The van der Waals surface area contributed by atoms with Crippen LogP contribution >= 0.6 is 24.0 Å². The molecular formula is C20H24N2O5S2. The fourth-order valence-corrected chi connectivity index (χ4v) is 4.72. The molecule has 2 aliphatic rings. The van der Waals surface area contributed by atoms with E-state index in [1.54, 1.807) is 49.9 Å². The maximum atomic E-state index is 12.7. The van der Waals surface area contributed by atoms with Gasteiger partial charge >= 0.3 is 6.09 Å². The predicted molar refractivity (Wildman–Crippen MR) is 114 cm³/mol. The summed E-state index contributed by atoms with van der Waals surface area (Å²) in [6, 6.07) is 6.78. The molecule has 2 heterocycles. The molecule has 156 valence electrons.